The number of carbonyl (C=O) groups is 1. The fourth-order valence-electron chi connectivity index (χ4n) is 1.80. The summed E-state index contributed by atoms with van der Waals surface area (Å²) in [5, 5.41) is 6.01. The Morgan fingerprint density at radius 1 is 1.44 bits per heavy atom. The van der Waals surface area contributed by atoms with Crippen LogP contribution in [-0.4, -0.2) is 32.1 Å². The largest absolute Gasteiger partial charge is 0.493 e. The first-order valence-electron chi connectivity index (χ1n) is 6.44. The Kier molecular flexibility index (Phi) is 4.59. The molecule has 1 heterocycles. The van der Waals surface area contributed by atoms with Gasteiger partial charge in [0.05, 0.1) is 12.5 Å². The molecule has 0 atom stereocenters. The number of aryl methyl sites for hydroxylation is 1. The molecule has 1 aromatic carbocycles. The van der Waals surface area contributed by atoms with E-state index in [0.29, 0.717) is 13.2 Å². The molecule has 2 rings (SSSR count). The SMILES string of the molecule is Cc1ccccc1OCCCNC(=O)C1CNC1. The summed E-state index contributed by atoms with van der Waals surface area (Å²) in [6.45, 7) is 4.97. The second-order valence-electron chi connectivity index (χ2n) is 4.61. The molecule has 0 saturated carbocycles. The minimum Gasteiger partial charge on any atom is -0.493 e. The molecular weight excluding hydrogens is 228 g/mol. The Morgan fingerprint density at radius 2 is 2.22 bits per heavy atom. The lowest BCUT2D eigenvalue weighted by atomic mass is 10.0. The molecule has 1 amide bonds. The minimum atomic E-state index is 0.157. The van der Waals surface area contributed by atoms with Gasteiger partial charge in [0.1, 0.15) is 5.75 Å². The number of amides is 1. The lowest BCUT2D eigenvalue weighted by Crippen LogP contribution is -2.50. The molecule has 1 saturated heterocycles. The summed E-state index contributed by atoms with van der Waals surface area (Å²) in [4.78, 5) is 11.5. The van der Waals surface area contributed by atoms with Crippen LogP contribution >= 0.6 is 0 Å². The first kappa shape index (κ1) is 12.9. The van der Waals surface area contributed by atoms with Crippen molar-refractivity contribution in [1.82, 2.24) is 10.6 Å². The Labute approximate surface area is 108 Å². The van der Waals surface area contributed by atoms with E-state index in [1.54, 1.807) is 0 Å². The lowest BCUT2D eigenvalue weighted by Gasteiger charge is -2.25. The van der Waals surface area contributed by atoms with Crippen molar-refractivity contribution in [2.45, 2.75) is 13.3 Å². The van der Waals surface area contributed by atoms with Gasteiger partial charge in [-0.25, -0.2) is 0 Å². The van der Waals surface area contributed by atoms with Gasteiger partial charge in [-0.15, -0.1) is 0 Å². The molecular formula is C14H20N2O2. The minimum absolute atomic E-state index is 0.157. The standard InChI is InChI=1S/C14H20N2O2/c1-11-5-2-3-6-13(11)18-8-4-7-16-14(17)12-9-15-10-12/h2-3,5-6,12,15H,4,7-10H2,1H3,(H,16,17). The van der Waals surface area contributed by atoms with E-state index in [2.05, 4.69) is 10.6 Å². The average molecular weight is 248 g/mol. The smallest absolute Gasteiger partial charge is 0.225 e. The summed E-state index contributed by atoms with van der Waals surface area (Å²) in [7, 11) is 0. The van der Waals surface area contributed by atoms with Crippen molar-refractivity contribution in [3.05, 3.63) is 29.8 Å². The van der Waals surface area contributed by atoms with Crippen molar-refractivity contribution < 1.29 is 9.53 Å². The van der Waals surface area contributed by atoms with Crippen molar-refractivity contribution >= 4 is 5.91 Å². The molecule has 0 aromatic heterocycles. The first-order chi connectivity index (χ1) is 8.77. The lowest BCUT2D eigenvalue weighted by molar-refractivity contribution is -0.126. The predicted octanol–water partition coefficient (Wildman–Crippen LogP) is 1.10. The molecule has 4 heteroatoms. The van der Waals surface area contributed by atoms with Crippen molar-refractivity contribution in [2.75, 3.05) is 26.2 Å². The predicted molar refractivity (Wildman–Crippen MR) is 70.7 cm³/mol. The van der Waals surface area contributed by atoms with Crippen LogP contribution in [0.3, 0.4) is 0 Å². The maximum absolute atomic E-state index is 11.5. The van der Waals surface area contributed by atoms with E-state index < -0.39 is 0 Å². The highest BCUT2D eigenvalue weighted by molar-refractivity contribution is 5.79. The summed E-state index contributed by atoms with van der Waals surface area (Å²) in [5.74, 6) is 1.25. The maximum Gasteiger partial charge on any atom is 0.225 e. The Morgan fingerprint density at radius 3 is 2.89 bits per heavy atom. The number of carbonyl (C=O) groups excluding carboxylic acids is 1. The highest BCUT2D eigenvalue weighted by Gasteiger charge is 2.23. The van der Waals surface area contributed by atoms with Gasteiger partial charge in [0, 0.05) is 19.6 Å². The highest BCUT2D eigenvalue weighted by Crippen LogP contribution is 2.15. The second kappa shape index (κ2) is 6.40. The molecule has 0 aliphatic carbocycles. The van der Waals surface area contributed by atoms with Gasteiger partial charge in [-0.3, -0.25) is 4.79 Å². The number of benzene rings is 1. The number of para-hydroxylation sites is 1. The summed E-state index contributed by atoms with van der Waals surface area (Å²) in [6.07, 6.45) is 0.834. The molecule has 0 unspecified atom stereocenters. The highest BCUT2D eigenvalue weighted by atomic mass is 16.5. The van der Waals surface area contributed by atoms with Crippen molar-refractivity contribution in [1.29, 1.82) is 0 Å². The first-order valence-corrected chi connectivity index (χ1v) is 6.44. The second-order valence-corrected chi connectivity index (χ2v) is 4.61. The van der Waals surface area contributed by atoms with Crippen molar-refractivity contribution in [3.8, 4) is 5.75 Å². The molecule has 4 nitrogen and oxygen atoms in total. The monoisotopic (exact) mass is 248 g/mol. The number of hydrogen-bond acceptors (Lipinski definition) is 3. The van der Waals surface area contributed by atoms with E-state index >= 15 is 0 Å². The van der Waals surface area contributed by atoms with Crippen LogP contribution in [0.2, 0.25) is 0 Å². The van der Waals surface area contributed by atoms with Crippen molar-refractivity contribution in [3.63, 3.8) is 0 Å². The fraction of sp³-hybridized carbons (Fsp3) is 0.500. The molecule has 1 aliphatic heterocycles. The zero-order chi connectivity index (χ0) is 12.8. The quantitative estimate of drug-likeness (QED) is 0.741. The summed E-state index contributed by atoms with van der Waals surface area (Å²) in [6, 6.07) is 7.96. The number of rotatable bonds is 6. The summed E-state index contributed by atoms with van der Waals surface area (Å²) < 4.78 is 5.66. The van der Waals surface area contributed by atoms with Crippen LogP contribution < -0.4 is 15.4 Å². The number of nitrogens with one attached hydrogen (secondary N) is 2. The zero-order valence-corrected chi connectivity index (χ0v) is 10.7. The van der Waals surface area contributed by atoms with Gasteiger partial charge in [0.2, 0.25) is 5.91 Å². The van der Waals surface area contributed by atoms with Crippen molar-refractivity contribution in [2.24, 2.45) is 5.92 Å². The van der Waals surface area contributed by atoms with E-state index in [4.69, 9.17) is 4.74 Å². The number of hydrogen-bond donors (Lipinski definition) is 2. The molecule has 18 heavy (non-hydrogen) atoms. The average Bonchev–Trinajstić information content (AvgIpc) is 2.28. The number of ether oxygens (including phenoxy) is 1. The van der Waals surface area contributed by atoms with Crippen LogP contribution in [-0.2, 0) is 4.79 Å². The fourth-order valence-corrected chi connectivity index (χ4v) is 1.80. The Bertz CT molecular complexity index is 403. The molecule has 2 N–H and O–H groups in total. The van der Waals surface area contributed by atoms with Crippen LogP contribution in [0, 0.1) is 12.8 Å². The van der Waals surface area contributed by atoms with Gasteiger partial charge in [-0.2, -0.15) is 0 Å². The summed E-state index contributed by atoms with van der Waals surface area (Å²) in [5.41, 5.74) is 1.14. The zero-order valence-electron chi connectivity index (χ0n) is 10.7. The molecule has 1 aliphatic rings. The van der Waals surface area contributed by atoms with Crippen LogP contribution in [0.4, 0.5) is 0 Å². The van der Waals surface area contributed by atoms with E-state index in [-0.39, 0.29) is 11.8 Å². The molecule has 1 fully saturated rings. The topological polar surface area (TPSA) is 50.4 Å². The van der Waals surface area contributed by atoms with E-state index in [9.17, 15) is 4.79 Å². The molecule has 1 aromatic rings. The summed E-state index contributed by atoms with van der Waals surface area (Å²) >= 11 is 0. The van der Waals surface area contributed by atoms with Gasteiger partial charge in [-0.05, 0) is 25.0 Å². The Balaban J connectivity index is 1.58. The van der Waals surface area contributed by atoms with E-state index in [0.717, 1.165) is 30.8 Å². The molecule has 0 spiro atoms. The van der Waals surface area contributed by atoms with Gasteiger partial charge in [0.25, 0.3) is 0 Å². The van der Waals surface area contributed by atoms with Crippen LogP contribution in [0.15, 0.2) is 24.3 Å². The van der Waals surface area contributed by atoms with Gasteiger partial charge in [0.15, 0.2) is 0 Å². The van der Waals surface area contributed by atoms with Crippen LogP contribution in [0.5, 0.6) is 5.75 Å². The molecule has 0 bridgehead atoms. The molecule has 98 valence electrons. The molecule has 0 radical (unpaired) electrons. The van der Waals surface area contributed by atoms with E-state index in [1.165, 1.54) is 0 Å². The van der Waals surface area contributed by atoms with Gasteiger partial charge < -0.3 is 15.4 Å². The maximum atomic E-state index is 11.5. The normalized spacial score (nSPS) is 14.9. The van der Waals surface area contributed by atoms with Gasteiger partial charge >= 0.3 is 0 Å². The Hall–Kier alpha value is -1.55. The van der Waals surface area contributed by atoms with E-state index in [1.807, 2.05) is 31.2 Å². The van der Waals surface area contributed by atoms with Gasteiger partial charge in [-0.1, -0.05) is 18.2 Å². The van der Waals surface area contributed by atoms with Crippen LogP contribution in [0.1, 0.15) is 12.0 Å². The third-order valence-electron chi connectivity index (χ3n) is 3.12. The van der Waals surface area contributed by atoms with Crippen LogP contribution in [0.25, 0.3) is 0 Å². The third-order valence-corrected chi connectivity index (χ3v) is 3.12. The third kappa shape index (κ3) is 3.47.